The number of halogens is 3. The van der Waals surface area contributed by atoms with E-state index in [1.807, 2.05) is 0 Å². The molecule has 0 unspecified atom stereocenters. The first kappa shape index (κ1) is 24.5. The van der Waals surface area contributed by atoms with Crippen molar-refractivity contribution < 1.29 is 35.6 Å². The molecule has 2 aromatic carbocycles. The zero-order chi connectivity index (χ0) is 25.2. The molecule has 1 aliphatic rings. The first-order valence-corrected chi connectivity index (χ1v) is 12.4. The molecule has 8 nitrogen and oxygen atoms in total. The molecule has 3 aromatic rings. The summed E-state index contributed by atoms with van der Waals surface area (Å²) >= 11 is 0. The van der Waals surface area contributed by atoms with Crippen molar-refractivity contribution >= 4 is 33.0 Å². The van der Waals surface area contributed by atoms with Gasteiger partial charge in [-0.1, -0.05) is 12.1 Å². The molecule has 12 heteroatoms. The minimum absolute atomic E-state index is 0.00888. The number of amides is 2. The molecule has 1 fully saturated rings. The molecule has 1 saturated heterocycles. The number of nitrogens with one attached hydrogen (secondary N) is 1. The number of anilines is 2. The predicted molar refractivity (Wildman–Crippen MR) is 121 cm³/mol. The summed E-state index contributed by atoms with van der Waals surface area (Å²) < 4.78 is 69.7. The highest BCUT2D eigenvalue weighted by molar-refractivity contribution is 7.91. The van der Waals surface area contributed by atoms with Gasteiger partial charge in [-0.2, -0.15) is 0 Å². The van der Waals surface area contributed by atoms with Crippen LogP contribution in [0.3, 0.4) is 0 Å². The molecule has 35 heavy (non-hydrogen) atoms. The minimum atomic E-state index is -3.27. The predicted octanol–water partition coefficient (Wildman–Crippen LogP) is 3.56. The molecule has 4 rings (SSSR count). The van der Waals surface area contributed by atoms with Crippen LogP contribution < -0.4 is 10.2 Å². The average molecular weight is 507 g/mol. The van der Waals surface area contributed by atoms with Gasteiger partial charge >= 0.3 is 0 Å². The number of aromatic nitrogens is 1. The number of benzene rings is 2. The Kier molecular flexibility index (Phi) is 6.92. The standard InChI is InChI=1S/C23H20F3N3O5S/c24-18-9-17(10-19(25)22(18)26)29(23(31)15-5-7-35(32,33)8-6-15)11-21(30)28-16-3-1-14(2-4-16)20-12-34-13-27-20/h1-4,9-10,12-13,15H,5-8,11H2,(H,28,30). The minimum Gasteiger partial charge on any atom is -0.451 e. The Hall–Kier alpha value is -3.67. The van der Waals surface area contributed by atoms with E-state index in [9.17, 15) is 31.2 Å². The van der Waals surface area contributed by atoms with Gasteiger partial charge in [-0.05, 0) is 25.0 Å². The molecule has 184 valence electrons. The molecule has 0 bridgehead atoms. The summed E-state index contributed by atoms with van der Waals surface area (Å²) in [7, 11) is -3.27. The molecule has 2 heterocycles. The second-order valence-electron chi connectivity index (χ2n) is 8.07. The number of hydrogen-bond donors (Lipinski definition) is 1. The Morgan fingerprint density at radius 1 is 1.06 bits per heavy atom. The van der Waals surface area contributed by atoms with E-state index in [-0.39, 0.29) is 30.0 Å². The second kappa shape index (κ2) is 9.90. The Bertz CT molecular complexity index is 1310. The van der Waals surface area contributed by atoms with Crippen LogP contribution in [-0.4, -0.2) is 43.3 Å². The maximum absolute atomic E-state index is 13.9. The van der Waals surface area contributed by atoms with Gasteiger partial charge in [0.1, 0.15) is 28.3 Å². The normalized spacial score (nSPS) is 15.5. The van der Waals surface area contributed by atoms with Crippen molar-refractivity contribution in [3.63, 3.8) is 0 Å². The van der Waals surface area contributed by atoms with E-state index in [1.54, 1.807) is 24.3 Å². The van der Waals surface area contributed by atoms with Crippen LogP contribution in [0, 0.1) is 23.4 Å². The lowest BCUT2D eigenvalue weighted by molar-refractivity contribution is -0.124. The van der Waals surface area contributed by atoms with Crippen molar-refractivity contribution in [2.24, 2.45) is 5.92 Å². The highest BCUT2D eigenvalue weighted by Crippen LogP contribution is 2.27. The van der Waals surface area contributed by atoms with Gasteiger partial charge in [-0.25, -0.2) is 26.6 Å². The quantitative estimate of drug-likeness (QED) is 0.511. The third-order valence-corrected chi connectivity index (χ3v) is 7.36. The Morgan fingerprint density at radius 2 is 1.69 bits per heavy atom. The summed E-state index contributed by atoms with van der Waals surface area (Å²) in [6.07, 6.45) is 2.75. The zero-order valence-corrected chi connectivity index (χ0v) is 19.0. The first-order chi connectivity index (χ1) is 16.6. The summed E-state index contributed by atoms with van der Waals surface area (Å²) in [5.41, 5.74) is 1.36. The number of oxazole rings is 1. The second-order valence-corrected chi connectivity index (χ2v) is 10.4. The number of carbonyl (C=O) groups is 2. The van der Waals surface area contributed by atoms with Gasteiger partial charge in [0.2, 0.25) is 11.8 Å². The van der Waals surface area contributed by atoms with E-state index >= 15 is 0 Å². The maximum atomic E-state index is 13.9. The number of nitrogens with zero attached hydrogens (tertiary/aromatic N) is 2. The van der Waals surface area contributed by atoms with Crippen LogP contribution in [0.2, 0.25) is 0 Å². The van der Waals surface area contributed by atoms with Crippen LogP contribution in [-0.2, 0) is 19.4 Å². The SMILES string of the molecule is O=C(CN(C(=O)C1CCS(=O)(=O)CC1)c1cc(F)c(F)c(F)c1)Nc1ccc(-c2cocn2)cc1. The largest absolute Gasteiger partial charge is 0.451 e. The summed E-state index contributed by atoms with van der Waals surface area (Å²) in [5, 5.41) is 2.59. The third kappa shape index (κ3) is 5.70. The zero-order valence-electron chi connectivity index (χ0n) is 18.2. The fourth-order valence-corrected chi connectivity index (χ4v) is 5.27. The van der Waals surface area contributed by atoms with E-state index in [4.69, 9.17) is 4.42 Å². The van der Waals surface area contributed by atoms with E-state index in [0.29, 0.717) is 23.5 Å². The monoisotopic (exact) mass is 507 g/mol. The Balaban J connectivity index is 1.54. The smallest absolute Gasteiger partial charge is 0.244 e. The van der Waals surface area contributed by atoms with Crippen LogP contribution in [0.25, 0.3) is 11.3 Å². The topological polar surface area (TPSA) is 110 Å². The Morgan fingerprint density at radius 3 is 2.26 bits per heavy atom. The highest BCUT2D eigenvalue weighted by atomic mass is 32.2. The lowest BCUT2D eigenvalue weighted by Crippen LogP contribution is -2.43. The number of rotatable bonds is 6. The van der Waals surface area contributed by atoms with E-state index in [2.05, 4.69) is 10.3 Å². The first-order valence-electron chi connectivity index (χ1n) is 10.6. The van der Waals surface area contributed by atoms with Crippen LogP contribution in [0.5, 0.6) is 0 Å². The van der Waals surface area contributed by atoms with Gasteiger partial charge in [-0.3, -0.25) is 9.59 Å². The van der Waals surface area contributed by atoms with Gasteiger partial charge in [0.25, 0.3) is 0 Å². The molecule has 0 atom stereocenters. The van der Waals surface area contributed by atoms with Crippen LogP contribution >= 0.6 is 0 Å². The van der Waals surface area contributed by atoms with Crippen molar-refractivity contribution in [3.05, 3.63) is 66.5 Å². The molecule has 0 aliphatic carbocycles. The molecule has 0 radical (unpaired) electrons. The fraction of sp³-hybridized carbons (Fsp3) is 0.261. The fourth-order valence-electron chi connectivity index (χ4n) is 3.78. The summed E-state index contributed by atoms with van der Waals surface area (Å²) in [6.45, 7) is -0.627. The van der Waals surface area contributed by atoms with Gasteiger partial charge < -0.3 is 14.6 Å². The van der Waals surface area contributed by atoms with Gasteiger partial charge in [0.05, 0.1) is 17.2 Å². The molecule has 1 aromatic heterocycles. The van der Waals surface area contributed by atoms with Crippen LogP contribution in [0.4, 0.5) is 24.5 Å². The molecule has 2 amide bonds. The lowest BCUT2D eigenvalue weighted by Gasteiger charge is -2.29. The van der Waals surface area contributed by atoms with Crippen molar-refractivity contribution in [2.45, 2.75) is 12.8 Å². The van der Waals surface area contributed by atoms with Crippen LogP contribution in [0.1, 0.15) is 12.8 Å². The number of sulfone groups is 1. The molecule has 1 N–H and O–H groups in total. The van der Waals surface area contributed by atoms with Crippen molar-refractivity contribution in [1.82, 2.24) is 4.98 Å². The average Bonchev–Trinajstić information content (AvgIpc) is 3.36. The third-order valence-electron chi connectivity index (χ3n) is 5.65. The maximum Gasteiger partial charge on any atom is 0.244 e. The van der Waals surface area contributed by atoms with Crippen molar-refractivity contribution in [3.8, 4) is 11.3 Å². The van der Waals surface area contributed by atoms with Crippen molar-refractivity contribution in [2.75, 3.05) is 28.3 Å². The molecule has 1 aliphatic heterocycles. The van der Waals surface area contributed by atoms with Gasteiger partial charge in [0.15, 0.2) is 23.8 Å². The van der Waals surface area contributed by atoms with E-state index < -0.39 is 51.6 Å². The van der Waals surface area contributed by atoms with Crippen LogP contribution in [0.15, 0.2) is 53.5 Å². The summed E-state index contributed by atoms with van der Waals surface area (Å²) in [5.74, 6) is -7.31. The molecular weight excluding hydrogens is 487 g/mol. The number of carbonyl (C=O) groups excluding carboxylic acids is 2. The molecule has 0 spiro atoms. The van der Waals surface area contributed by atoms with Crippen molar-refractivity contribution in [1.29, 1.82) is 0 Å². The lowest BCUT2D eigenvalue weighted by atomic mass is 10.0. The van der Waals surface area contributed by atoms with Gasteiger partial charge in [0, 0.05) is 29.3 Å². The highest BCUT2D eigenvalue weighted by Gasteiger charge is 2.33. The summed E-state index contributed by atoms with van der Waals surface area (Å²) in [6, 6.07) is 7.80. The van der Waals surface area contributed by atoms with E-state index in [0.717, 1.165) is 10.5 Å². The molecule has 0 saturated carbocycles. The van der Waals surface area contributed by atoms with E-state index in [1.165, 1.54) is 12.7 Å². The number of hydrogen-bond acceptors (Lipinski definition) is 6. The molecular formula is C23H20F3N3O5S. The summed E-state index contributed by atoms with van der Waals surface area (Å²) in [4.78, 5) is 30.8. The Labute approximate surface area is 198 Å². The van der Waals surface area contributed by atoms with Gasteiger partial charge in [-0.15, -0.1) is 0 Å².